The molecule has 4 heterocycles. The quantitative estimate of drug-likeness (QED) is 0.653. The second-order valence-corrected chi connectivity index (χ2v) is 6.03. The third-order valence-corrected chi connectivity index (χ3v) is 4.00. The van der Waals surface area contributed by atoms with E-state index in [0.717, 1.165) is 37.6 Å². The first kappa shape index (κ1) is 15.6. The van der Waals surface area contributed by atoms with Gasteiger partial charge in [-0.1, -0.05) is 0 Å². The van der Waals surface area contributed by atoms with E-state index < -0.39 is 0 Å². The molecule has 3 N–H and O–H groups in total. The smallest absolute Gasteiger partial charge is 0.199 e. The number of hydrogen-bond acceptors (Lipinski definition) is 7. The molecular formula is C17H22N6O2. The van der Waals surface area contributed by atoms with Crippen molar-refractivity contribution in [3.63, 3.8) is 0 Å². The lowest BCUT2D eigenvalue weighted by Crippen LogP contribution is -2.28. The predicted octanol–water partition coefficient (Wildman–Crippen LogP) is 3.35. The molecule has 132 valence electrons. The Morgan fingerprint density at radius 3 is 2.72 bits per heavy atom. The zero-order chi connectivity index (χ0) is 17.1. The summed E-state index contributed by atoms with van der Waals surface area (Å²) in [5, 5.41) is 13.8. The van der Waals surface area contributed by atoms with E-state index in [2.05, 4.69) is 30.8 Å². The van der Waals surface area contributed by atoms with Gasteiger partial charge in [-0.25, -0.2) is 9.97 Å². The van der Waals surface area contributed by atoms with E-state index in [9.17, 15) is 0 Å². The van der Waals surface area contributed by atoms with E-state index in [4.69, 9.17) is 9.15 Å². The molecule has 1 aliphatic heterocycles. The third kappa shape index (κ3) is 3.80. The van der Waals surface area contributed by atoms with Crippen molar-refractivity contribution in [2.45, 2.75) is 25.8 Å². The van der Waals surface area contributed by atoms with Gasteiger partial charge in [-0.15, -0.1) is 0 Å². The van der Waals surface area contributed by atoms with Crippen molar-refractivity contribution in [2.24, 2.45) is 0 Å². The number of nitrogens with zero attached hydrogens (tertiary/aromatic N) is 3. The Kier molecular flexibility index (Phi) is 4.34. The van der Waals surface area contributed by atoms with E-state index in [-0.39, 0.29) is 1.43 Å². The van der Waals surface area contributed by atoms with Gasteiger partial charge in [-0.2, -0.15) is 5.10 Å². The Labute approximate surface area is 146 Å². The fourth-order valence-corrected chi connectivity index (χ4v) is 2.77. The second kappa shape index (κ2) is 6.94. The minimum absolute atomic E-state index is 0. The van der Waals surface area contributed by atoms with Gasteiger partial charge in [-0.05, 0) is 31.9 Å². The van der Waals surface area contributed by atoms with E-state index >= 15 is 0 Å². The van der Waals surface area contributed by atoms with E-state index in [1.54, 1.807) is 6.26 Å². The zero-order valence-corrected chi connectivity index (χ0v) is 14.0. The lowest BCUT2D eigenvalue weighted by atomic mass is 10.1. The van der Waals surface area contributed by atoms with Gasteiger partial charge in [0.15, 0.2) is 17.4 Å². The summed E-state index contributed by atoms with van der Waals surface area (Å²) < 4.78 is 10.9. The molecule has 1 fully saturated rings. The van der Waals surface area contributed by atoms with Gasteiger partial charge in [0.05, 0.1) is 6.26 Å². The molecular weight excluding hydrogens is 320 g/mol. The van der Waals surface area contributed by atoms with Crippen molar-refractivity contribution >= 4 is 17.5 Å². The first-order valence-electron chi connectivity index (χ1n) is 8.32. The first-order chi connectivity index (χ1) is 12.3. The average molecular weight is 342 g/mol. The number of aromatic nitrogens is 4. The van der Waals surface area contributed by atoms with Gasteiger partial charge >= 0.3 is 0 Å². The highest BCUT2D eigenvalue weighted by Gasteiger charge is 2.16. The average Bonchev–Trinajstić information content (AvgIpc) is 3.28. The molecule has 0 aliphatic carbocycles. The number of anilines is 3. The molecule has 0 radical (unpaired) electrons. The summed E-state index contributed by atoms with van der Waals surface area (Å²) in [6.45, 7) is 3.49. The summed E-state index contributed by atoms with van der Waals surface area (Å²) in [5.41, 5.74) is 0.975. The molecule has 8 heteroatoms. The van der Waals surface area contributed by atoms with Gasteiger partial charge in [0.2, 0.25) is 0 Å². The number of nitrogens with one attached hydrogen (secondary N) is 3. The molecule has 4 rings (SSSR count). The molecule has 25 heavy (non-hydrogen) atoms. The van der Waals surface area contributed by atoms with Crippen LogP contribution in [0.15, 0.2) is 34.9 Å². The van der Waals surface area contributed by atoms with Crippen LogP contribution in [0.2, 0.25) is 0 Å². The molecule has 1 saturated heterocycles. The number of aromatic amines is 1. The molecule has 3 aromatic rings. The lowest BCUT2D eigenvalue weighted by molar-refractivity contribution is 0.0904. The van der Waals surface area contributed by atoms with Gasteiger partial charge in [-0.3, -0.25) is 5.10 Å². The Bertz CT molecular complexity index is 830. The van der Waals surface area contributed by atoms with Gasteiger partial charge < -0.3 is 19.8 Å². The summed E-state index contributed by atoms with van der Waals surface area (Å²) in [7, 11) is 0. The number of furan rings is 1. The fraction of sp³-hybridized carbons (Fsp3) is 0.353. The minimum atomic E-state index is 0. The molecule has 0 atom stereocenters. The molecule has 0 unspecified atom stereocenters. The van der Waals surface area contributed by atoms with Crippen molar-refractivity contribution in [3.8, 4) is 11.6 Å². The van der Waals surface area contributed by atoms with Gasteiger partial charge in [0, 0.05) is 38.5 Å². The first-order valence-corrected chi connectivity index (χ1v) is 8.32. The molecule has 8 nitrogen and oxygen atoms in total. The summed E-state index contributed by atoms with van der Waals surface area (Å²) in [6.07, 6.45) is 3.53. The molecule has 1 aliphatic rings. The van der Waals surface area contributed by atoms with Crippen LogP contribution >= 0.6 is 0 Å². The monoisotopic (exact) mass is 342 g/mol. The zero-order valence-electron chi connectivity index (χ0n) is 14.0. The Hall–Kier alpha value is -2.87. The van der Waals surface area contributed by atoms with Crippen LogP contribution in [0.4, 0.5) is 17.5 Å². The number of ether oxygens (including phenoxy) is 1. The van der Waals surface area contributed by atoms with Crippen molar-refractivity contribution in [2.75, 3.05) is 23.8 Å². The van der Waals surface area contributed by atoms with Crippen molar-refractivity contribution in [1.82, 2.24) is 20.2 Å². The van der Waals surface area contributed by atoms with Crippen LogP contribution in [-0.4, -0.2) is 39.4 Å². The van der Waals surface area contributed by atoms with E-state index in [1.165, 1.54) is 0 Å². The summed E-state index contributed by atoms with van der Waals surface area (Å²) in [5.74, 6) is 3.26. The standard InChI is InChI=1S/C17H20N6O2.H2/c1-11-9-16(23-22-11)19-15-10-14(18-12-4-7-24-8-5-12)20-17(21-15)13-3-2-6-25-13;/h2-3,6,9-10,12H,4-5,7-8H2,1H3,(H3,18,19,20,21,22,23);1H. The third-order valence-electron chi connectivity index (χ3n) is 4.00. The maximum atomic E-state index is 5.45. The Morgan fingerprint density at radius 2 is 2.00 bits per heavy atom. The number of hydrogen-bond donors (Lipinski definition) is 3. The molecule has 0 bridgehead atoms. The normalized spacial score (nSPS) is 15.2. The largest absolute Gasteiger partial charge is 0.461 e. The fourth-order valence-electron chi connectivity index (χ4n) is 2.77. The summed E-state index contributed by atoms with van der Waals surface area (Å²) in [6, 6.07) is 7.80. The molecule has 0 amide bonds. The Morgan fingerprint density at radius 1 is 1.16 bits per heavy atom. The van der Waals surface area contributed by atoms with Crippen molar-refractivity contribution < 1.29 is 10.6 Å². The van der Waals surface area contributed by atoms with Crippen LogP contribution in [-0.2, 0) is 4.74 Å². The highest BCUT2D eigenvalue weighted by atomic mass is 16.5. The number of H-pyrrole nitrogens is 1. The summed E-state index contributed by atoms with van der Waals surface area (Å²) in [4.78, 5) is 9.13. The van der Waals surface area contributed by atoms with Crippen LogP contribution in [0.1, 0.15) is 20.0 Å². The SMILES string of the molecule is Cc1cc(Nc2cc(NC3CCOCC3)nc(-c3ccco3)n2)n[nH]1.[HH]. The maximum Gasteiger partial charge on any atom is 0.199 e. The highest BCUT2D eigenvalue weighted by Crippen LogP contribution is 2.24. The minimum Gasteiger partial charge on any atom is -0.461 e. The Balaban J connectivity index is 0.00000196. The number of rotatable bonds is 5. The van der Waals surface area contributed by atoms with Crippen LogP contribution in [0.3, 0.4) is 0 Å². The van der Waals surface area contributed by atoms with Gasteiger partial charge in [0.1, 0.15) is 11.6 Å². The van der Waals surface area contributed by atoms with E-state index in [1.807, 2.05) is 31.2 Å². The maximum absolute atomic E-state index is 5.45. The van der Waals surface area contributed by atoms with Crippen molar-refractivity contribution in [3.05, 3.63) is 36.2 Å². The topological polar surface area (TPSA) is 101 Å². The van der Waals surface area contributed by atoms with Crippen LogP contribution < -0.4 is 10.6 Å². The molecule has 0 spiro atoms. The molecule has 0 aromatic carbocycles. The van der Waals surface area contributed by atoms with Crippen LogP contribution in [0.5, 0.6) is 0 Å². The molecule has 3 aromatic heterocycles. The lowest BCUT2D eigenvalue weighted by Gasteiger charge is -2.23. The summed E-state index contributed by atoms with van der Waals surface area (Å²) >= 11 is 0. The van der Waals surface area contributed by atoms with E-state index in [0.29, 0.717) is 29.3 Å². The van der Waals surface area contributed by atoms with Crippen LogP contribution in [0, 0.1) is 6.92 Å². The van der Waals surface area contributed by atoms with Crippen molar-refractivity contribution in [1.29, 1.82) is 0 Å². The highest BCUT2D eigenvalue weighted by molar-refractivity contribution is 5.61. The molecule has 0 saturated carbocycles. The number of aryl methyl sites for hydroxylation is 1. The van der Waals surface area contributed by atoms with Gasteiger partial charge in [0.25, 0.3) is 0 Å². The predicted molar refractivity (Wildman–Crippen MR) is 95.9 cm³/mol. The van der Waals surface area contributed by atoms with Crippen LogP contribution in [0.25, 0.3) is 11.6 Å². The second-order valence-electron chi connectivity index (χ2n) is 6.03.